The summed E-state index contributed by atoms with van der Waals surface area (Å²) < 4.78 is 6.58. The van der Waals surface area contributed by atoms with E-state index in [1.165, 1.54) is 4.57 Å². The van der Waals surface area contributed by atoms with Crippen LogP contribution in [0.15, 0.2) is 27.4 Å². The molecule has 3 N–H and O–H groups in total. The number of oxazole rings is 1. The van der Waals surface area contributed by atoms with E-state index in [1.807, 2.05) is 19.1 Å². The van der Waals surface area contributed by atoms with E-state index in [2.05, 4.69) is 9.97 Å². The molecule has 6 heteroatoms. The molecule has 1 aromatic carbocycles. The Hall–Kier alpha value is -2.34. The van der Waals surface area contributed by atoms with Crippen molar-refractivity contribution in [2.75, 3.05) is 0 Å². The second-order valence-electron chi connectivity index (χ2n) is 4.46. The highest BCUT2D eigenvalue weighted by Crippen LogP contribution is 2.25. The van der Waals surface area contributed by atoms with E-state index in [4.69, 9.17) is 10.2 Å². The van der Waals surface area contributed by atoms with Gasteiger partial charge in [0.25, 0.3) is 0 Å². The monoisotopic (exact) mass is 258 g/mol. The highest BCUT2D eigenvalue weighted by atomic mass is 16.4. The van der Waals surface area contributed by atoms with Gasteiger partial charge in [-0.15, -0.1) is 0 Å². The van der Waals surface area contributed by atoms with Crippen LogP contribution in [0.1, 0.15) is 11.5 Å². The zero-order valence-corrected chi connectivity index (χ0v) is 10.7. The molecule has 2 heterocycles. The van der Waals surface area contributed by atoms with E-state index < -0.39 is 0 Å². The number of hydrogen-bond donors (Lipinski definition) is 2. The molecule has 0 atom stereocenters. The van der Waals surface area contributed by atoms with E-state index in [0.29, 0.717) is 12.1 Å². The maximum atomic E-state index is 11.5. The van der Waals surface area contributed by atoms with Crippen molar-refractivity contribution < 1.29 is 4.42 Å². The number of nitrogens with one attached hydrogen (secondary N) is 1. The minimum absolute atomic E-state index is 0.371. The summed E-state index contributed by atoms with van der Waals surface area (Å²) in [5, 5.41) is 0. The number of aromatic nitrogens is 3. The molecular weight excluding hydrogens is 244 g/mol. The first-order valence-electron chi connectivity index (χ1n) is 5.95. The predicted molar refractivity (Wildman–Crippen MR) is 71.7 cm³/mol. The average molecular weight is 258 g/mol. The molecule has 6 nitrogen and oxygen atoms in total. The lowest BCUT2D eigenvalue weighted by atomic mass is 10.1. The lowest BCUT2D eigenvalue weighted by molar-refractivity contribution is 0.528. The number of nitrogens with two attached hydrogens (primary N) is 1. The fourth-order valence-electron chi connectivity index (χ4n) is 2.20. The molecule has 0 aliphatic rings. The van der Waals surface area contributed by atoms with Gasteiger partial charge in [-0.3, -0.25) is 4.57 Å². The van der Waals surface area contributed by atoms with Crippen molar-refractivity contribution in [1.82, 2.24) is 14.5 Å². The van der Waals surface area contributed by atoms with Crippen LogP contribution in [0.5, 0.6) is 0 Å². The van der Waals surface area contributed by atoms with Gasteiger partial charge in [0, 0.05) is 19.2 Å². The Bertz CT molecular complexity index is 810. The largest absolute Gasteiger partial charge is 0.419 e. The molecule has 0 unspecified atom stereocenters. The quantitative estimate of drug-likeness (QED) is 0.724. The molecule has 3 rings (SSSR count). The van der Waals surface area contributed by atoms with Crippen molar-refractivity contribution >= 4 is 11.1 Å². The molecule has 3 aromatic rings. The third-order valence-corrected chi connectivity index (χ3v) is 3.17. The van der Waals surface area contributed by atoms with Crippen LogP contribution in [0.2, 0.25) is 0 Å². The fourth-order valence-corrected chi connectivity index (χ4v) is 2.20. The van der Waals surface area contributed by atoms with Gasteiger partial charge in [-0.2, -0.15) is 0 Å². The lowest BCUT2D eigenvalue weighted by Gasteiger charge is -2.01. The smallest absolute Gasteiger partial charge is 0.408 e. The van der Waals surface area contributed by atoms with Crippen molar-refractivity contribution in [3.05, 3.63) is 40.3 Å². The average Bonchev–Trinajstić information content (AvgIpc) is 2.91. The number of hydrogen-bond acceptors (Lipinski definition) is 4. The van der Waals surface area contributed by atoms with E-state index >= 15 is 0 Å². The molecule has 0 amide bonds. The highest BCUT2D eigenvalue weighted by Gasteiger charge is 2.12. The SMILES string of the molecule is Cc1nc(-c2ccc3oc(=O)n(C)c3c2)c(CN)[nH]1. The summed E-state index contributed by atoms with van der Waals surface area (Å²) in [6, 6.07) is 5.53. The van der Waals surface area contributed by atoms with Crippen molar-refractivity contribution in [2.45, 2.75) is 13.5 Å². The van der Waals surface area contributed by atoms with Gasteiger partial charge >= 0.3 is 5.76 Å². The van der Waals surface area contributed by atoms with Crippen LogP contribution in [-0.4, -0.2) is 14.5 Å². The molecule has 0 spiro atoms. The van der Waals surface area contributed by atoms with E-state index in [1.54, 1.807) is 13.1 Å². The Kier molecular flexibility index (Phi) is 2.53. The topological polar surface area (TPSA) is 89.8 Å². The van der Waals surface area contributed by atoms with Crippen molar-refractivity contribution in [1.29, 1.82) is 0 Å². The van der Waals surface area contributed by atoms with Gasteiger partial charge in [-0.1, -0.05) is 0 Å². The summed E-state index contributed by atoms with van der Waals surface area (Å²) in [6.45, 7) is 2.27. The number of aryl methyl sites for hydroxylation is 2. The Labute approximate surface area is 108 Å². The van der Waals surface area contributed by atoms with Gasteiger partial charge in [-0.25, -0.2) is 9.78 Å². The summed E-state index contributed by atoms with van der Waals surface area (Å²) in [5.74, 6) is 0.445. The van der Waals surface area contributed by atoms with E-state index in [-0.39, 0.29) is 5.76 Å². The van der Waals surface area contributed by atoms with Crippen LogP contribution < -0.4 is 11.5 Å². The molecule has 0 radical (unpaired) electrons. The first kappa shape index (κ1) is 11.7. The highest BCUT2D eigenvalue weighted by molar-refractivity contribution is 5.80. The van der Waals surface area contributed by atoms with Gasteiger partial charge in [0.1, 0.15) is 5.82 Å². The van der Waals surface area contributed by atoms with Crippen molar-refractivity contribution in [2.24, 2.45) is 12.8 Å². The zero-order valence-electron chi connectivity index (χ0n) is 10.7. The third kappa shape index (κ3) is 1.77. The first-order chi connectivity index (χ1) is 9.10. The first-order valence-corrected chi connectivity index (χ1v) is 5.95. The Morgan fingerprint density at radius 3 is 3.00 bits per heavy atom. The number of aromatic amines is 1. The van der Waals surface area contributed by atoms with E-state index in [0.717, 1.165) is 28.3 Å². The lowest BCUT2D eigenvalue weighted by Crippen LogP contribution is -2.08. The minimum Gasteiger partial charge on any atom is -0.408 e. The molecule has 2 aromatic heterocycles. The van der Waals surface area contributed by atoms with Gasteiger partial charge in [0.15, 0.2) is 5.58 Å². The Morgan fingerprint density at radius 2 is 2.26 bits per heavy atom. The molecule has 0 saturated heterocycles. The summed E-state index contributed by atoms with van der Waals surface area (Å²) in [7, 11) is 1.68. The maximum absolute atomic E-state index is 11.5. The summed E-state index contributed by atoms with van der Waals surface area (Å²) in [4.78, 5) is 19.0. The van der Waals surface area contributed by atoms with Crippen molar-refractivity contribution in [3.8, 4) is 11.3 Å². The normalized spacial score (nSPS) is 11.3. The molecule has 19 heavy (non-hydrogen) atoms. The summed E-state index contributed by atoms with van der Waals surface area (Å²) in [5.41, 5.74) is 9.62. The van der Waals surface area contributed by atoms with E-state index in [9.17, 15) is 4.79 Å². The van der Waals surface area contributed by atoms with Crippen LogP contribution in [-0.2, 0) is 13.6 Å². The summed E-state index contributed by atoms with van der Waals surface area (Å²) >= 11 is 0. The fraction of sp³-hybridized carbons (Fsp3) is 0.231. The second-order valence-corrected chi connectivity index (χ2v) is 4.46. The molecule has 0 fully saturated rings. The van der Waals surface area contributed by atoms with Crippen LogP contribution in [0.25, 0.3) is 22.4 Å². The van der Waals surface area contributed by atoms with Crippen LogP contribution >= 0.6 is 0 Å². The summed E-state index contributed by atoms with van der Waals surface area (Å²) in [6.07, 6.45) is 0. The van der Waals surface area contributed by atoms with Crippen molar-refractivity contribution in [3.63, 3.8) is 0 Å². The molecule has 0 aliphatic carbocycles. The molecule has 0 aliphatic heterocycles. The predicted octanol–water partition coefficient (Wildman–Crippen LogP) is 1.29. The van der Waals surface area contributed by atoms with Crippen LogP contribution in [0, 0.1) is 6.92 Å². The maximum Gasteiger partial charge on any atom is 0.419 e. The van der Waals surface area contributed by atoms with Crippen LogP contribution in [0.4, 0.5) is 0 Å². The van der Waals surface area contributed by atoms with Gasteiger partial charge in [0.2, 0.25) is 0 Å². The number of fused-ring (bicyclic) bond motifs is 1. The minimum atomic E-state index is -0.371. The number of rotatable bonds is 2. The zero-order chi connectivity index (χ0) is 13.6. The van der Waals surface area contributed by atoms with Gasteiger partial charge in [-0.05, 0) is 25.1 Å². The Balaban J connectivity index is 2.25. The third-order valence-electron chi connectivity index (χ3n) is 3.17. The molecular formula is C13H14N4O2. The Morgan fingerprint density at radius 1 is 1.47 bits per heavy atom. The standard InChI is InChI=1S/C13H14N4O2/c1-7-15-9(6-14)12(16-7)8-3-4-11-10(5-8)17(2)13(18)19-11/h3-5H,6,14H2,1-2H3,(H,15,16). The second kappa shape index (κ2) is 4.10. The van der Waals surface area contributed by atoms with Gasteiger partial charge in [0.05, 0.1) is 16.9 Å². The van der Waals surface area contributed by atoms with Crippen LogP contribution in [0.3, 0.4) is 0 Å². The number of nitrogens with zero attached hydrogens (tertiary/aromatic N) is 2. The number of benzene rings is 1. The molecule has 0 saturated carbocycles. The van der Waals surface area contributed by atoms with Gasteiger partial charge < -0.3 is 15.1 Å². The molecule has 98 valence electrons. The molecule has 0 bridgehead atoms. The number of H-pyrrole nitrogens is 1. The number of imidazole rings is 1.